The van der Waals surface area contributed by atoms with Gasteiger partial charge in [-0.3, -0.25) is 9.59 Å². The molecular weight excluding hydrogens is 474 g/mol. The van der Waals surface area contributed by atoms with E-state index in [1.54, 1.807) is 25.3 Å². The molecule has 2 aliphatic rings. The highest BCUT2D eigenvalue weighted by Gasteiger charge is 2.32. The highest BCUT2D eigenvalue weighted by Crippen LogP contribution is 2.31. The summed E-state index contributed by atoms with van der Waals surface area (Å²) in [5, 5.41) is 6.28. The summed E-state index contributed by atoms with van der Waals surface area (Å²) < 4.78 is 5.53. The molecule has 0 spiro atoms. The summed E-state index contributed by atoms with van der Waals surface area (Å²) in [6.07, 6.45) is 7.20. The number of nitrogens with one attached hydrogen (secondary N) is 2. The molecule has 36 heavy (non-hydrogen) atoms. The molecule has 0 saturated heterocycles. The molecule has 0 radical (unpaired) electrons. The summed E-state index contributed by atoms with van der Waals surface area (Å²) in [6, 6.07) is 3.56. The summed E-state index contributed by atoms with van der Waals surface area (Å²) in [7, 11) is 0. The Bertz CT molecular complexity index is 926. The molecule has 1 heterocycles. The molecule has 0 aliphatic heterocycles. The van der Waals surface area contributed by atoms with Crippen LogP contribution in [0.2, 0.25) is 0 Å². The van der Waals surface area contributed by atoms with Gasteiger partial charge in [0.05, 0.1) is 10.8 Å². The third kappa shape index (κ3) is 7.24. The molecule has 200 valence electrons. The second-order valence-electron chi connectivity index (χ2n) is 10.9. The normalized spacial score (nSPS) is 30.1. The highest BCUT2D eigenvalue weighted by atomic mass is 32.2. The van der Waals surface area contributed by atoms with E-state index in [0.717, 1.165) is 25.7 Å². The fourth-order valence-electron chi connectivity index (χ4n) is 5.31. The number of hydrogen-bond donors (Lipinski definition) is 2. The number of thioether (sulfide) groups is 1. The molecule has 0 aromatic carbocycles. The van der Waals surface area contributed by atoms with E-state index >= 15 is 0 Å². The molecule has 2 fully saturated rings. The number of rotatable bonds is 8. The lowest BCUT2D eigenvalue weighted by atomic mass is 9.78. The van der Waals surface area contributed by atoms with Crippen LogP contribution in [0.3, 0.4) is 0 Å². The van der Waals surface area contributed by atoms with Gasteiger partial charge in [0.2, 0.25) is 5.91 Å². The third-order valence-corrected chi connectivity index (χ3v) is 9.49. The molecule has 7 nitrogen and oxygen atoms in total. The van der Waals surface area contributed by atoms with E-state index in [2.05, 4.69) is 43.3 Å². The van der Waals surface area contributed by atoms with Gasteiger partial charge in [-0.25, -0.2) is 9.78 Å². The lowest BCUT2D eigenvalue weighted by Gasteiger charge is -2.35. The van der Waals surface area contributed by atoms with Crippen LogP contribution >= 0.6 is 11.8 Å². The fraction of sp³-hybridized carbons (Fsp3) is 0.714. The number of hydrogen-bond acceptors (Lipinski definition) is 6. The molecular formula is C28H43N3O4S. The number of carbonyl (C=O) groups is 3. The zero-order valence-electron chi connectivity index (χ0n) is 22.6. The van der Waals surface area contributed by atoms with E-state index in [9.17, 15) is 14.4 Å². The molecule has 2 aliphatic carbocycles. The number of esters is 1. The van der Waals surface area contributed by atoms with Gasteiger partial charge in [0.1, 0.15) is 5.03 Å². The standard InChI is InChI=1S/C28H43N3O4S/c1-16-10-7-13-23(18(16)3)30-25(32)20(5)35-28(34)22-12-9-15-29-27(22)36-21(6)26(33)31-24-14-8-11-17(2)19(24)4/h9,12,15-21,23-24H,7-8,10-11,13-14H2,1-6H3,(H,30,32)(H,31,33)/t16-,17-,18+,19+,20+,21-,23-,24-/m1/s1. The Morgan fingerprint density at radius 2 is 1.47 bits per heavy atom. The number of aromatic nitrogens is 1. The van der Waals surface area contributed by atoms with Crippen molar-refractivity contribution < 1.29 is 19.1 Å². The average Bonchev–Trinajstić information content (AvgIpc) is 2.85. The smallest absolute Gasteiger partial charge is 0.341 e. The SMILES string of the molecule is C[C@H]1[C@H](C)CCC[C@H]1NC(=O)[C@H](C)OC(=O)c1cccnc1S[C@H](C)C(=O)N[C@@H]1CCC[C@@H](C)[C@@H]1C. The second kappa shape index (κ2) is 12.9. The number of carbonyl (C=O) groups excluding carboxylic acids is 3. The maximum Gasteiger partial charge on any atom is 0.341 e. The molecule has 8 atom stereocenters. The molecule has 1 aromatic rings. The molecule has 8 heteroatoms. The van der Waals surface area contributed by atoms with E-state index in [1.165, 1.54) is 24.6 Å². The van der Waals surface area contributed by atoms with Crippen LogP contribution in [0.4, 0.5) is 0 Å². The summed E-state index contributed by atoms with van der Waals surface area (Å²) in [5.41, 5.74) is 0.265. The monoisotopic (exact) mass is 517 g/mol. The van der Waals surface area contributed by atoms with Crippen molar-refractivity contribution in [2.45, 2.75) is 109 Å². The van der Waals surface area contributed by atoms with Gasteiger partial charge in [-0.05, 0) is 62.5 Å². The lowest BCUT2D eigenvalue weighted by Crippen LogP contribution is -2.47. The number of pyridine rings is 1. The minimum atomic E-state index is -0.921. The van der Waals surface area contributed by atoms with Crippen LogP contribution in [0.1, 0.15) is 90.4 Å². The molecule has 1 aromatic heterocycles. The topological polar surface area (TPSA) is 97.4 Å². The summed E-state index contributed by atoms with van der Waals surface area (Å²) >= 11 is 1.24. The fourth-order valence-corrected chi connectivity index (χ4v) is 6.22. The van der Waals surface area contributed by atoms with Gasteiger partial charge in [-0.2, -0.15) is 0 Å². The van der Waals surface area contributed by atoms with Crippen molar-refractivity contribution in [1.29, 1.82) is 0 Å². The first-order chi connectivity index (χ1) is 17.1. The Labute approximate surface area is 220 Å². The molecule has 2 amide bonds. The minimum Gasteiger partial charge on any atom is -0.449 e. The zero-order chi connectivity index (χ0) is 26.4. The van der Waals surface area contributed by atoms with E-state index in [1.807, 2.05) is 6.92 Å². The maximum absolute atomic E-state index is 13.0. The summed E-state index contributed by atoms with van der Waals surface area (Å²) in [5.74, 6) is 1.03. The largest absolute Gasteiger partial charge is 0.449 e. The van der Waals surface area contributed by atoms with E-state index in [0.29, 0.717) is 28.7 Å². The average molecular weight is 518 g/mol. The molecule has 0 unspecified atom stereocenters. The van der Waals surface area contributed by atoms with E-state index in [-0.39, 0.29) is 29.5 Å². The number of amides is 2. The lowest BCUT2D eigenvalue weighted by molar-refractivity contribution is -0.130. The van der Waals surface area contributed by atoms with Crippen LogP contribution in [-0.2, 0) is 14.3 Å². The highest BCUT2D eigenvalue weighted by molar-refractivity contribution is 8.00. The first-order valence-corrected chi connectivity index (χ1v) is 14.4. The third-order valence-electron chi connectivity index (χ3n) is 8.37. The Kier molecular flexibility index (Phi) is 10.2. The minimum absolute atomic E-state index is 0.0560. The van der Waals surface area contributed by atoms with Crippen LogP contribution in [0.15, 0.2) is 23.4 Å². The van der Waals surface area contributed by atoms with Crippen LogP contribution in [-0.4, -0.2) is 46.2 Å². The Balaban J connectivity index is 1.58. The summed E-state index contributed by atoms with van der Waals surface area (Å²) in [4.78, 5) is 43.0. The van der Waals surface area contributed by atoms with Gasteiger partial charge in [-0.15, -0.1) is 0 Å². The number of nitrogens with zero attached hydrogens (tertiary/aromatic N) is 1. The first kappa shape index (κ1) is 28.5. The first-order valence-electron chi connectivity index (χ1n) is 13.5. The van der Waals surface area contributed by atoms with Gasteiger partial charge in [0.25, 0.3) is 5.91 Å². The molecule has 2 N–H and O–H groups in total. The van der Waals surface area contributed by atoms with Crippen LogP contribution in [0, 0.1) is 23.7 Å². The van der Waals surface area contributed by atoms with Crippen molar-refractivity contribution in [1.82, 2.24) is 15.6 Å². The second-order valence-corrected chi connectivity index (χ2v) is 12.3. The van der Waals surface area contributed by atoms with Crippen molar-refractivity contribution in [3.63, 3.8) is 0 Å². The molecule has 3 rings (SSSR count). The predicted octanol–water partition coefficient (Wildman–Crippen LogP) is 4.99. The quantitative estimate of drug-likeness (QED) is 0.372. The van der Waals surface area contributed by atoms with Crippen molar-refractivity contribution >= 4 is 29.5 Å². The maximum atomic E-state index is 13.0. The Morgan fingerprint density at radius 1 is 0.917 bits per heavy atom. The van der Waals surface area contributed by atoms with Crippen LogP contribution < -0.4 is 10.6 Å². The van der Waals surface area contributed by atoms with Crippen molar-refractivity contribution in [2.75, 3.05) is 0 Å². The van der Waals surface area contributed by atoms with E-state index in [4.69, 9.17) is 4.74 Å². The van der Waals surface area contributed by atoms with Crippen molar-refractivity contribution in [2.24, 2.45) is 23.7 Å². The van der Waals surface area contributed by atoms with Gasteiger partial charge in [0, 0.05) is 18.3 Å². The van der Waals surface area contributed by atoms with E-state index < -0.39 is 17.3 Å². The van der Waals surface area contributed by atoms with Crippen LogP contribution in [0.5, 0.6) is 0 Å². The molecule has 0 bridgehead atoms. The van der Waals surface area contributed by atoms with Gasteiger partial charge >= 0.3 is 5.97 Å². The van der Waals surface area contributed by atoms with Gasteiger partial charge in [0.15, 0.2) is 6.10 Å². The van der Waals surface area contributed by atoms with Crippen molar-refractivity contribution in [3.8, 4) is 0 Å². The summed E-state index contributed by atoms with van der Waals surface area (Å²) in [6.45, 7) is 12.2. The van der Waals surface area contributed by atoms with Crippen molar-refractivity contribution in [3.05, 3.63) is 23.9 Å². The van der Waals surface area contributed by atoms with Gasteiger partial charge < -0.3 is 15.4 Å². The van der Waals surface area contributed by atoms with Gasteiger partial charge in [-0.1, -0.05) is 65.1 Å². The Hall–Kier alpha value is -2.09. The van der Waals surface area contributed by atoms with Crippen LogP contribution in [0.25, 0.3) is 0 Å². The Morgan fingerprint density at radius 3 is 2.06 bits per heavy atom. The molecule has 2 saturated carbocycles. The number of ether oxygens (including phenoxy) is 1. The zero-order valence-corrected chi connectivity index (χ0v) is 23.4. The predicted molar refractivity (Wildman–Crippen MR) is 143 cm³/mol.